The van der Waals surface area contributed by atoms with E-state index >= 15 is 0 Å². The number of thiophene rings is 1. The number of amides is 1. The van der Waals surface area contributed by atoms with Crippen molar-refractivity contribution >= 4 is 33.1 Å². The van der Waals surface area contributed by atoms with Crippen LogP contribution in [0.4, 0.5) is 5.69 Å². The van der Waals surface area contributed by atoms with Gasteiger partial charge in [-0.25, -0.2) is 4.98 Å². The van der Waals surface area contributed by atoms with Gasteiger partial charge >= 0.3 is 0 Å². The van der Waals surface area contributed by atoms with Crippen LogP contribution in [0.3, 0.4) is 0 Å². The van der Waals surface area contributed by atoms with Crippen LogP contribution in [0.1, 0.15) is 86.1 Å². The molecule has 1 amide bonds. The molecule has 7 rings (SSSR count). The van der Waals surface area contributed by atoms with Crippen LogP contribution in [0.2, 0.25) is 0 Å². The fourth-order valence-electron chi connectivity index (χ4n) is 7.91. The van der Waals surface area contributed by atoms with E-state index < -0.39 is 0 Å². The highest BCUT2D eigenvalue weighted by molar-refractivity contribution is 7.21. The molecule has 4 nitrogen and oxygen atoms in total. The van der Waals surface area contributed by atoms with Crippen LogP contribution in [0.5, 0.6) is 0 Å². The van der Waals surface area contributed by atoms with Crippen molar-refractivity contribution in [3.8, 4) is 0 Å². The van der Waals surface area contributed by atoms with E-state index in [1.807, 2.05) is 0 Å². The molecule has 5 aliphatic carbocycles. The van der Waals surface area contributed by atoms with Crippen LogP contribution in [0.25, 0.3) is 10.2 Å². The van der Waals surface area contributed by atoms with Gasteiger partial charge in [0.15, 0.2) is 0 Å². The van der Waals surface area contributed by atoms with E-state index in [0.717, 1.165) is 46.7 Å². The van der Waals surface area contributed by atoms with E-state index in [4.69, 9.17) is 10.7 Å². The number of nitrogens with one attached hydrogen (secondary N) is 1. The SMILES string of the molecule is CCC1CCc2nc3sc(C(=O)NC(C)C45CC6CC(CC(C6)C4)C5)c(N)c3cc2C1. The van der Waals surface area contributed by atoms with Gasteiger partial charge < -0.3 is 11.1 Å². The number of fused-ring (bicyclic) bond motifs is 2. The number of rotatable bonds is 4. The average Bonchev–Trinajstić information content (AvgIpc) is 3.06. The lowest BCUT2D eigenvalue weighted by molar-refractivity contribution is -0.0687. The summed E-state index contributed by atoms with van der Waals surface area (Å²) in [5, 5.41) is 4.38. The Morgan fingerprint density at radius 3 is 2.58 bits per heavy atom. The molecule has 166 valence electrons. The Balaban J connectivity index is 1.25. The Kier molecular flexibility index (Phi) is 4.65. The monoisotopic (exact) mass is 437 g/mol. The van der Waals surface area contributed by atoms with E-state index in [0.29, 0.717) is 16.0 Å². The first-order valence-corrected chi connectivity index (χ1v) is 13.3. The summed E-state index contributed by atoms with van der Waals surface area (Å²) in [6.45, 7) is 4.52. The zero-order valence-corrected chi connectivity index (χ0v) is 19.7. The lowest BCUT2D eigenvalue weighted by atomic mass is 9.48. The van der Waals surface area contributed by atoms with Gasteiger partial charge in [0.05, 0.1) is 5.69 Å². The minimum absolute atomic E-state index is 0.00755. The van der Waals surface area contributed by atoms with Gasteiger partial charge in [-0.3, -0.25) is 4.79 Å². The molecule has 2 heterocycles. The van der Waals surface area contributed by atoms with Gasteiger partial charge in [-0.15, -0.1) is 11.3 Å². The van der Waals surface area contributed by atoms with Crippen LogP contribution >= 0.6 is 11.3 Å². The summed E-state index contributed by atoms with van der Waals surface area (Å²) in [4.78, 5) is 19.9. The highest BCUT2D eigenvalue weighted by atomic mass is 32.1. The third kappa shape index (κ3) is 3.21. The smallest absolute Gasteiger partial charge is 0.263 e. The van der Waals surface area contributed by atoms with Gasteiger partial charge in [0.1, 0.15) is 9.71 Å². The van der Waals surface area contributed by atoms with Crippen LogP contribution in [-0.4, -0.2) is 16.9 Å². The minimum Gasteiger partial charge on any atom is -0.397 e. The summed E-state index contributed by atoms with van der Waals surface area (Å²) in [6.07, 6.45) is 12.8. The summed E-state index contributed by atoms with van der Waals surface area (Å²) in [7, 11) is 0. The molecule has 2 atom stereocenters. The van der Waals surface area contributed by atoms with Crippen LogP contribution < -0.4 is 11.1 Å². The Bertz CT molecular complexity index is 1010. The molecule has 4 fully saturated rings. The molecule has 2 unspecified atom stereocenters. The van der Waals surface area contributed by atoms with Crippen molar-refractivity contribution < 1.29 is 4.79 Å². The highest BCUT2D eigenvalue weighted by Crippen LogP contribution is 2.61. The lowest BCUT2D eigenvalue weighted by Gasteiger charge is -2.59. The summed E-state index contributed by atoms with van der Waals surface area (Å²) >= 11 is 1.48. The van der Waals surface area contributed by atoms with Gasteiger partial charge in [0, 0.05) is 17.1 Å². The van der Waals surface area contributed by atoms with Crippen molar-refractivity contribution in [2.24, 2.45) is 29.1 Å². The Morgan fingerprint density at radius 1 is 1.26 bits per heavy atom. The first kappa shape index (κ1) is 20.0. The number of carbonyl (C=O) groups excluding carboxylic acids is 1. The van der Waals surface area contributed by atoms with Crippen molar-refractivity contribution in [3.05, 3.63) is 22.2 Å². The van der Waals surface area contributed by atoms with Crippen LogP contribution in [0.15, 0.2) is 6.07 Å². The molecule has 5 heteroatoms. The number of nitrogens with zero attached hydrogens (tertiary/aromatic N) is 1. The van der Waals surface area contributed by atoms with E-state index in [9.17, 15) is 4.79 Å². The standard InChI is InChI=1S/C26H35N3OS/c1-3-15-4-5-21-19(9-15)10-20-22(27)23(31-25(20)29-21)24(30)28-14(2)26-11-16-6-17(12-26)8-18(7-16)13-26/h10,14-18H,3-9,11-13,27H2,1-2H3,(H,28,30). The third-order valence-corrected chi connectivity index (χ3v) is 10.4. The van der Waals surface area contributed by atoms with E-state index in [2.05, 4.69) is 25.2 Å². The number of carbonyl (C=O) groups is 1. The summed E-state index contributed by atoms with van der Waals surface area (Å²) in [6, 6.07) is 2.44. The van der Waals surface area contributed by atoms with Gasteiger partial charge in [0.25, 0.3) is 5.91 Å². The van der Waals surface area contributed by atoms with E-state index in [-0.39, 0.29) is 11.9 Å². The molecule has 31 heavy (non-hydrogen) atoms. The maximum atomic E-state index is 13.3. The second kappa shape index (κ2) is 7.19. The molecule has 0 radical (unpaired) electrons. The Labute approximate surface area is 189 Å². The highest BCUT2D eigenvalue weighted by Gasteiger charge is 2.53. The van der Waals surface area contributed by atoms with Crippen molar-refractivity contribution in [2.75, 3.05) is 5.73 Å². The first-order valence-electron chi connectivity index (χ1n) is 12.5. The average molecular weight is 438 g/mol. The number of nitrogens with two attached hydrogens (primary N) is 1. The molecule has 0 aromatic carbocycles. The predicted molar refractivity (Wildman–Crippen MR) is 127 cm³/mol. The van der Waals surface area contributed by atoms with E-state index in [1.165, 1.54) is 74.0 Å². The fourth-order valence-corrected chi connectivity index (χ4v) is 8.91. The first-order chi connectivity index (χ1) is 14.9. The van der Waals surface area contributed by atoms with Crippen LogP contribution in [0, 0.1) is 29.1 Å². The molecule has 2 aromatic heterocycles. The Morgan fingerprint density at radius 2 is 1.94 bits per heavy atom. The summed E-state index contributed by atoms with van der Waals surface area (Å²) in [5.74, 6) is 3.43. The summed E-state index contributed by atoms with van der Waals surface area (Å²) < 4.78 is 0. The maximum absolute atomic E-state index is 13.3. The molecule has 0 spiro atoms. The molecule has 0 saturated heterocycles. The Hall–Kier alpha value is -1.62. The third-order valence-electron chi connectivity index (χ3n) is 9.32. The second-order valence-corrected chi connectivity index (χ2v) is 12.3. The molecular weight excluding hydrogens is 402 g/mol. The van der Waals surface area contributed by atoms with Gasteiger partial charge in [-0.05, 0) is 105 Å². The molecule has 3 N–H and O–H groups in total. The van der Waals surface area contributed by atoms with Gasteiger partial charge in [-0.2, -0.15) is 0 Å². The number of hydrogen-bond donors (Lipinski definition) is 2. The maximum Gasteiger partial charge on any atom is 0.263 e. The van der Waals surface area contributed by atoms with Gasteiger partial charge in [-0.1, -0.05) is 13.3 Å². The lowest BCUT2D eigenvalue weighted by Crippen LogP contribution is -2.55. The number of nitrogen functional groups attached to an aromatic ring is 1. The van der Waals surface area contributed by atoms with E-state index in [1.54, 1.807) is 0 Å². The quantitative estimate of drug-likeness (QED) is 0.642. The van der Waals surface area contributed by atoms with Crippen molar-refractivity contribution in [2.45, 2.75) is 84.1 Å². The zero-order chi connectivity index (χ0) is 21.3. The molecule has 5 aliphatic rings. The number of anilines is 1. The zero-order valence-electron chi connectivity index (χ0n) is 18.9. The van der Waals surface area contributed by atoms with Crippen LogP contribution in [-0.2, 0) is 12.8 Å². The molecule has 2 aromatic rings. The largest absolute Gasteiger partial charge is 0.397 e. The number of aryl methyl sites for hydroxylation is 1. The second-order valence-electron chi connectivity index (χ2n) is 11.3. The molecule has 0 aliphatic heterocycles. The fraction of sp³-hybridized carbons (Fsp3) is 0.692. The molecule has 4 bridgehead atoms. The molecular formula is C26H35N3OS. The number of hydrogen-bond acceptors (Lipinski definition) is 4. The van der Waals surface area contributed by atoms with Crippen molar-refractivity contribution in [3.63, 3.8) is 0 Å². The van der Waals surface area contributed by atoms with Crippen molar-refractivity contribution in [1.82, 2.24) is 10.3 Å². The summed E-state index contributed by atoms with van der Waals surface area (Å²) in [5.41, 5.74) is 10.0. The minimum atomic E-state index is 0.00755. The predicted octanol–water partition coefficient (Wildman–Crippen LogP) is 5.73. The van der Waals surface area contributed by atoms with Gasteiger partial charge in [0.2, 0.25) is 0 Å². The topological polar surface area (TPSA) is 68.0 Å². The number of pyridine rings is 1. The van der Waals surface area contributed by atoms with Crippen molar-refractivity contribution in [1.29, 1.82) is 0 Å². The number of aromatic nitrogens is 1. The normalized spacial score (nSPS) is 34.6. The molecule has 4 saturated carbocycles.